The van der Waals surface area contributed by atoms with Crippen LogP contribution in [0.25, 0.3) is 0 Å². The predicted molar refractivity (Wildman–Crippen MR) is 113 cm³/mol. The molecule has 0 nitrogen and oxygen atoms in total. The van der Waals surface area contributed by atoms with Gasteiger partial charge in [0.2, 0.25) is 0 Å². The van der Waals surface area contributed by atoms with E-state index in [0.29, 0.717) is 31.6 Å². The molecular weight excluding hydrogens is 357 g/mol. The normalized spacial score (nSPS) is 27.8. The molecule has 2 aliphatic rings. The van der Waals surface area contributed by atoms with E-state index in [2.05, 4.69) is 59.3 Å². The van der Waals surface area contributed by atoms with Crippen LogP contribution in [0, 0.1) is 40.4 Å². The first-order valence-electron chi connectivity index (χ1n) is 10.8. The second kappa shape index (κ2) is 10.1. The quantitative estimate of drug-likeness (QED) is 0.394. The van der Waals surface area contributed by atoms with Crippen molar-refractivity contribution in [1.82, 2.24) is 0 Å². The Morgan fingerprint density at radius 1 is 0.786 bits per heavy atom. The number of rotatable bonds is 1. The first-order valence-corrected chi connectivity index (χ1v) is 10.8. The summed E-state index contributed by atoms with van der Waals surface area (Å²) in [6.07, 6.45) is 7.38. The third-order valence-electron chi connectivity index (χ3n) is 5.42. The minimum Gasteiger partial charge on any atom is -0.230 e. The average Bonchev–Trinajstić information content (AvgIpc) is 2.46. The van der Waals surface area contributed by atoms with Gasteiger partial charge in [0.15, 0.2) is 5.67 Å². The molecule has 0 saturated heterocycles. The summed E-state index contributed by atoms with van der Waals surface area (Å²) in [5.74, 6) is 8.05. The van der Waals surface area contributed by atoms with Crippen molar-refractivity contribution in [2.24, 2.45) is 16.7 Å². The van der Waals surface area contributed by atoms with Crippen molar-refractivity contribution < 1.29 is 13.2 Å². The maximum absolute atomic E-state index is 14.3. The third-order valence-corrected chi connectivity index (χ3v) is 5.42. The fourth-order valence-electron chi connectivity index (χ4n) is 3.92. The summed E-state index contributed by atoms with van der Waals surface area (Å²) in [7, 11) is 0. The Morgan fingerprint density at radius 2 is 1.43 bits per heavy atom. The van der Waals surface area contributed by atoms with E-state index in [4.69, 9.17) is 0 Å². The van der Waals surface area contributed by atoms with Crippen molar-refractivity contribution >= 4 is 0 Å². The van der Waals surface area contributed by atoms with Crippen LogP contribution in [-0.4, -0.2) is 11.6 Å². The lowest BCUT2D eigenvalue weighted by atomic mass is 9.74. The van der Waals surface area contributed by atoms with Crippen LogP contribution < -0.4 is 0 Å². The van der Waals surface area contributed by atoms with Gasteiger partial charge >= 0.3 is 5.92 Å². The molecule has 0 aromatic carbocycles. The molecular formula is C25H39F3. The van der Waals surface area contributed by atoms with Crippen molar-refractivity contribution in [3.8, 4) is 23.7 Å². The van der Waals surface area contributed by atoms with Gasteiger partial charge in [-0.15, -0.1) is 0 Å². The molecule has 0 saturated carbocycles. The Hall–Kier alpha value is -1.09. The van der Waals surface area contributed by atoms with Gasteiger partial charge in [0, 0.05) is 19.3 Å². The highest BCUT2D eigenvalue weighted by Gasteiger charge is 2.33. The Morgan fingerprint density at radius 3 is 2.04 bits per heavy atom. The van der Waals surface area contributed by atoms with Crippen LogP contribution in [0.1, 0.15) is 106 Å². The number of halogens is 3. The van der Waals surface area contributed by atoms with Crippen LogP contribution in [0.4, 0.5) is 13.2 Å². The number of alkyl halides is 3. The van der Waals surface area contributed by atoms with Crippen molar-refractivity contribution in [2.45, 2.75) is 117 Å². The minimum atomic E-state index is -2.76. The van der Waals surface area contributed by atoms with Crippen molar-refractivity contribution in [3.63, 3.8) is 0 Å². The minimum absolute atomic E-state index is 0.0304. The molecule has 0 aliphatic heterocycles. The van der Waals surface area contributed by atoms with E-state index in [1.54, 1.807) is 0 Å². The fraction of sp³-hybridized carbons (Fsp3) is 0.840. The summed E-state index contributed by atoms with van der Waals surface area (Å²) in [5, 5.41) is 0. The summed E-state index contributed by atoms with van der Waals surface area (Å²) in [4.78, 5) is 0. The molecule has 0 aromatic rings. The molecule has 0 spiro atoms. The van der Waals surface area contributed by atoms with Crippen LogP contribution in [0.5, 0.6) is 0 Å². The summed E-state index contributed by atoms with van der Waals surface area (Å²) < 4.78 is 40.4. The smallest absolute Gasteiger partial charge is 0.230 e. The van der Waals surface area contributed by atoms with Gasteiger partial charge in [-0.3, -0.25) is 0 Å². The van der Waals surface area contributed by atoms with Gasteiger partial charge in [0.05, 0.1) is 0 Å². The lowest BCUT2D eigenvalue weighted by Gasteiger charge is -2.31. The van der Waals surface area contributed by atoms with Gasteiger partial charge in [-0.25, -0.2) is 4.39 Å². The average molecular weight is 397 g/mol. The van der Waals surface area contributed by atoms with Gasteiger partial charge in [-0.2, -0.15) is 8.78 Å². The first-order chi connectivity index (χ1) is 12.7. The molecule has 0 heterocycles. The molecule has 3 heteroatoms. The van der Waals surface area contributed by atoms with Crippen LogP contribution in [0.3, 0.4) is 0 Å². The van der Waals surface area contributed by atoms with Crippen LogP contribution in [0.2, 0.25) is 0 Å². The zero-order valence-corrected chi connectivity index (χ0v) is 18.8. The molecule has 28 heavy (non-hydrogen) atoms. The molecule has 2 rings (SSSR count). The molecule has 160 valence electrons. The Bertz CT molecular complexity index is 598. The molecule has 0 radical (unpaired) electrons. The van der Waals surface area contributed by atoms with E-state index in [0.717, 1.165) is 32.1 Å². The second-order valence-electron chi connectivity index (χ2n) is 10.7. The Labute approximate surface area is 171 Å². The van der Waals surface area contributed by atoms with Crippen molar-refractivity contribution in [2.75, 3.05) is 0 Å². The molecule has 0 aromatic heterocycles. The van der Waals surface area contributed by atoms with Gasteiger partial charge in [0.25, 0.3) is 0 Å². The molecule has 2 atom stereocenters. The lowest BCUT2D eigenvalue weighted by Crippen LogP contribution is -2.28. The molecule has 0 bridgehead atoms. The van der Waals surface area contributed by atoms with Crippen LogP contribution >= 0.6 is 0 Å². The molecule has 0 amide bonds. The first kappa shape index (κ1) is 24.9. The zero-order chi connectivity index (χ0) is 21.5. The highest BCUT2D eigenvalue weighted by molar-refractivity contribution is 5.15. The fourth-order valence-corrected chi connectivity index (χ4v) is 3.92. The van der Waals surface area contributed by atoms with E-state index in [9.17, 15) is 13.2 Å². The van der Waals surface area contributed by atoms with E-state index >= 15 is 0 Å². The molecule has 0 N–H and O–H groups in total. The van der Waals surface area contributed by atoms with Gasteiger partial charge in [-0.05, 0) is 61.2 Å². The summed E-state index contributed by atoms with van der Waals surface area (Å²) in [6, 6.07) is 0. The van der Waals surface area contributed by atoms with Crippen LogP contribution in [0.15, 0.2) is 0 Å². The molecule has 2 unspecified atom stereocenters. The van der Waals surface area contributed by atoms with E-state index < -0.39 is 11.6 Å². The van der Waals surface area contributed by atoms with E-state index in [1.165, 1.54) is 0 Å². The number of hydrogen-bond acceptors (Lipinski definition) is 0. The van der Waals surface area contributed by atoms with E-state index in [1.807, 2.05) is 5.92 Å². The summed E-state index contributed by atoms with van der Waals surface area (Å²) >= 11 is 0. The SMILES string of the molecule is CC(C)(C)C1CCC#CC(F)(F)CC1.CC(C)(C)CC1(F)C#CCCCCC1. The highest BCUT2D eigenvalue weighted by atomic mass is 19.3. The highest BCUT2D eigenvalue weighted by Crippen LogP contribution is 2.37. The maximum Gasteiger partial charge on any atom is 0.308 e. The zero-order valence-electron chi connectivity index (χ0n) is 18.8. The maximum atomic E-state index is 14.3. The van der Waals surface area contributed by atoms with Crippen molar-refractivity contribution in [3.05, 3.63) is 0 Å². The number of hydrogen-bond donors (Lipinski definition) is 0. The molecule has 0 fully saturated rings. The lowest BCUT2D eigenvalue weighted by molar-refractivity contribution is 0.0385. The topological polar surface area (TPSA) is 0 Å². The third kappa shape index (κ3) is 10.5. The Kier molecular flexibility index (Phi) is 8.99. The van der Waals surface area contributed by atoms with Gasteiger partial charge in [0.1, 0.15) is 0 Å². The molecule has 2 aliphatic carbocycles. The van der Waals surface area contributed by atoms with Gasteiger partial charge in [-0.1, -0.05) is 65.7 Å². The second-order valence-corrected chi connectivity index (χ2v) is 10.7. The summed E-state index contributed by atoms with van der Waals surface area (Å²) in [6.45, 7) is 12.6. The van der Waals surface area contributed by atoms with Gasteiger partial charge < -0.3 is 0 Å². The standard InChI is InChI=1S/C13H21F.C12H18F2/c1-12(2,3)11-13(14)9-7-5-4-6-8-10-13;1-11(2,3)10-6-4-5-8-12(13,14)9-7-10/h4-7,9,11H2,1-3H3;10H,4,6-7,9H2,1-3H3. The monoisotopic (exact) mass is 396 g/mol. The van der Waals surface area contributed by atoms with Crippen molar-refractivity contribution in [1.29, 1.82) is 0 Å². The van der Waals surface area contributed by atoms with Crippen LogP contribution in [-0.2, 0) is 0 Å². The largest absolute Gasteiger partial charge is 0.308 e. The summed E-state index contributed by atoms with van der Waals surface area (Å²) in [5.41, 5.74) is -1.07. The Balaban J connectivity index is 0.000000280. The van der Waals surface area contributed by atoms with E-state index in [-0.39, 0.29) is 17.3 Å². The predicted octanol–water partition coefficient (Wildman–Crippen LogP) is 7.96.